The van der Waals surface area contributed by atoms with E-state index >= 15 is 0 Å². The van der Waals surface area contributed by atoms with Crippen molar-refractivity contribution < 1.29 is 18.3 Å². The van der Waals surface area contributed by atoms with Crippen molar-refractivity contribution in [2.45, 2.75) is 31.7 Å². The molecular formula is C9H18N2O4S. The Morgan fingerprint density at radius 3 is 2.50 bits per heavy atom. The molecule has 1 saturated carbocycles. The van der Waals surface area contributed by atoms with Crippen molar-refractivity contribution in [2.75, 3.05) is 12.3 Å². The first kappa shape index (κ1) is 13.4. The first-order valence-electron chi connectivity index (χ1n) is 5.22. The van der Waals surface area contributed by atoms with E-state index in [-0.39, 0.29) is 18.9 Å². The second-order valence-electron chi connectivity index (χ2n) is 4.46. The highest BCUT2D eigenvalue weighted by Gasteiger charge is 2.42. The van der Waals surface area contributed by atoms with Crippen LogP contribution in [0, 0.1) is 5.92 Å². The molecule has 0 aromatic rings. The molecule has 1 aliphatic carbocycles. The fraction of sp³-hybridized carbons (Fsp3) is 0.889. The minimum atomic E-state index is -3.56. The van der Waals surface area contributed by atoms with Gasteiger partial charge in [-0.3, -0.25) is 4.79 Å². The van der Waals surface area contributed by atoms with Crippen LogP contribution in [0.15, 0.2) is 0 Å². The zero-order valence-electron chi connectivity index (χ0n) is 9.27. The number of sulfonamides is 1. The number of rotatable bonds is 7. The van der Waals surface area contributed by atoms with Crippen LogP contribution in [-0.4, -0.2) is 37.3 Å². The van der Waals surface area contributed by atoms with Crippen molar-refractivity contribution in [1.29, 1.82) is 0 Å². The van der Waals surface area contributed by atoms with E-state index in [9.17, 15) is 13.2 Å². The van der Waals surface area contributed by atoms with Gasteiger partial charge in [-0.25, -0.2) is 13.1 Å². The molecule has 0 amide bonds. The standard InChI is InChI=1S/C9H18N2O4S/c1-9(6-10,7-2-3-7)11-16(14,15)5-4-8(12)13/h7,11H,2-6,10H2,1H3,(H,12,13). The van der Waals surface area contributed by atoms with E-state index in [0.29, 0.717) is 0 Å². The maximum Gasteiger partial charge on any atom is 0.304 e. The molecule has 0 spiro atoms. The molecule has 0 radical (unpaired) electrons. The second kappa shape index (κ2) is 4.68. The molecule has 1 unspecified atom stereocenters. The molecule has 1 atom stereocenters. The highest BCUT2D eigenvalue weighted by molar-refractivity contribution is 7.89. The van der Waals surface area contributed by atoms with Crippen molar-refractivity contribution in [3.63, 3.8) is 0 Å². The number of nitrogens with one attached hydrogen (secondary N) is 1. The molecule has 6 nitrogen and oxygen atoms in total. The Kier molecular flexibility index (Phi) is 3.92. The monoisotopic (exact) mass is 250 g/mol. The molecule has 0 saturated heterocycles. The number of hydrogen-bond acceptors (Lipinski definition) is 4. The van der Waals surface area contributed by atoms with Crippen molar-refractivity contribution in [1.82, 2.24) is 4.72 Å². The van der Waals surface area contributed by atoms with Gasteiger partial charge in [-0.05, 0) is 25.7 Å². The Hall–Kier alpha value is -0.660. The Bertz CT molecular complexity index is 364. The largest absolute Gasteiger partial charge is 0.481 e. The third kappa shape index (κ3) is 3.73. The van der Waals surface area contributed by atoms with Gasteiger partial charge in [0.2, 0.25) is 10.0 Å². The van der Waals surface area contributed by atoms with Crippen LogP contribution in [0.3, 0.4) is 0 Å². The summed E-state index contributed by atoms with van der Waals surface area (Å²) >= 11 is 0. The van der Waals surface area contributed by atoms with Crippen LogP contribution >= 0.6 is 0 Å². The minimum absolute atomic E-state index is 0.226. The predicted molar refractivity (Wildman–Crippen MR) is 59.4 cm³/mol. The molecular weight excluding hydrogens is 232 g/mol. The molecule has 0 aliphatic heterocycles. The highest BCUT2D eigenvalue weighted by Crippen LogP contribution is 2.39. The van der Waals surface area contributed by atoms with Crippen molar-refractivity contribution in [3.05, 3.63) is 0 Å². The molecule has 0 aromatic carbocycles. The lowest BCUT2D eigenvalue weighted by atomic mass is 9.98. The quantitative estimate of drug-likeness (QED) is 0.564. The first-order chi connectivity index (χ1) is 7.29. The second-order valence-corrected chi connectivity index (χ2v) is 6.30. The summed E-state index contributed by atoms with van der Waals surface area (Å²) in [6.45, 7) is 1.99. The third-order valence-electron chi connectivity index (χ3n) is 2.88. The SMILES string of the molecule is CC(CN)(NS(=O)(=O)CCC(=O)O)C1CC1. The van der Waals surface area contributed by atoms with Gasteiger partial charge in [-0.15, -0.1) is 0 Å². The van der Waals surface area contributed by atoms with E-state index in [0.717, 1.165) is 12.8 Å². The lowest BCUT2D eigenvalue weighted by molar-refractivity contribution is -0.136. The summed E-state index contributed by atoms with van der Waals surface area (Å²) in [5.41, 5.74) is 4.94. The lowest BCUT2D eigenvalue weighted by Crippen LogP contribution is -2.53. The Balaban J connectivity index is 2.59. The normalized spacial score (nSPS) is 20.4. The van der Waals surface area contributed by atoms with Crippen LogP contribution in [0.25, 0.3) is 0 Å². The van der Waals surface area contributed by atoms with Gasteiger partial charge in [0.1, 0.15) is 0 Å². The van der Waals surface area contributed by atoms with Gasteiger partial charge in [0.15, 0.2) is 0 Å². The molecule has 1 aliphatic rings. The van der Waals surface area contributed by atoms with E-state index in [1.165, 1.54) is 0 Å². The van der Waals surface area contributed by atoms with E-state index < -0.39 is 27.3 Å². The summed E-state index contributed by atoms with van der Waals surface area (Å²) in [6, 6.07) is 0. The van der Waals surface area contributed by atoms with E-state index in [4.69, 9.17) is 10.8 Å². The summed E-state index contributed by atoms with van der Waals surface area (Å²) in [5, 5.41) is 8.44. The molecule has 0 aromatic heterocycles. The minimum Gasteiger partial charge on any atom is -0.481 e. The summed E-state index contributed by atoms with van der Waals surface area (Å²) in [5.74, 6) is -1.24. The van der Waals surface area contributed by atoms with Gasteiger partial charge in [0.25, 0.3) is 0 Å². The molecule has 1 fully saturated rings. The molecule has 7 heteroatoms. The van der Waals surface area contributed by atoms with Gasteiger partial charge in [0.05, 0.1) is 12.2 Å². The molecule has 4 N–H and O–H groups in total. The average Bonchev–Trinajstić information content (AvgIpc) is 2.97. The van der Waals surface area contributed by atoms with Crippen LogP contribution < -0.4 is 10.5 Å². The number of carbonyl (C=O) groups is 1. The number of aliphatic carboxylic acids is 1. The van der Waals surface area contributed by atoms with Gasteiger partial charge >= 0.3 is 5.97 Å². The summed E-state index contributed by atoms with van der Waals surface area (Å²) < 4.78 is 25.7. The highest BCUT2D eigenvalue weighted by atomic mass is 32.2. The number of carboxylic acids is 1. The third-order valence-corrected chi connectivity index (χ3v) is 4.39. The van der Waals surface area contributed by atoms with Gasteiger partial charge < -0.3 is 10.8 Å². The Morgan fingerprint density at radius 1 is 1.56 bits per heavy atom. The molecule has 0 heterocycles. The van der Waals surface area contributed by atoms with Crippen molar-refractivity contribution >= 4 is 16.0 Å². The van der Waals surface area contributed by atoms with E-state index in [1.807, 2.05) is 0 Å². The zero-order chi connectivity index (χ0) is 12.4. The molecule has 0 bridgehead atoms. The van der Waals surface area contributed by atoms with Crippen LogP contribution in [-0.2, 0) is 14.8 Å². The fourth-order valence-electron chi connectivity index (χ4n) is 1.64. The van der Waals surface area contributed by atoms with Gasteiger partial charge in [0, 0.05) is 12.1 Å². The fourth-order valence-corrected chi connectivity index (χ4v) is 3.15. The van der Waals surface area contributed by atoms with E-state index in [1.54, 1.807) is 6.92 Å². The van der Waals surface area contributed by atoms with Crippen molar-refractivity contribution in [2.24, 2.45) is 11.7 Å². The van der Waals surface area contributed by atoms with E-state index in [2.05, 4.69) is 4.72 Å². The maximum atomic E-state index is 11.6. The summed E-state index contributed by atoms with van der Waals surface area (Å²) in [6.07, 6.45) is 1.55. The molecule has 1 rings (SSSR count). The average molecular weight is 250 g/mol. The zero-order valence-corrected chi connectivity index (χ0v) is 10.1. The molecule has 16 heavy (non-hydrogen) atoms. The Labute approximate surface area is 95.3 Å². The number of nitrogens with two attached hydrogens (primary N) is 1. The number of carboxylic acid groups (broad SMARTS) is 1. The lowest BCUT2D eigenvalue weighted by Gasteiger charge is -2.28. The Morgan fingerprint density at radius 2 is 2.12 bits per heavy atom. The predicted octanol–water partition coefficient (Wildman–Crippen LogP) is -0.492. The smallest absolute Gasteiger partial charge is 0.304 e. The van der Waals surface area contributed by atoms with Crippen LogP contribution in [0.4, 0.5) is 0 Å². The van der Waals surface area contributed by atoms with Crippen LogP contribution in [0.2, 0.25) is 0 Å². The number of hydrogen-bond donors (Lipinski definition) is 3. The van der Waals surface area contributed by atoms with Crippen molar-refractivity contribution in [3.8, 4) is 0 Å². The maximum absolute atomic E-state index is 11.6. The van der Waals surface area contributed by atoms with Crippen LogP contribution in [0.5, 0.6) is 0 Å². The molecule has 94 valence electrons. The van der Waals surface area contributed by atoms with Gasteiger partial charge in [-0.1, -0.05) is 0 Å². The topological polar surface area (TPSA) is 109 Å². The summed E-state index contributed by atoms with van der Waals surface area (Å²) in [4.78, 5) is 10.3. The first-order valence-corrected chi connectivity index (χ1v) is 6.88. The van der Waals surface area contributed by atoms with Crippen LogP contribution in [0.1, 0.15) is 26.2 Å². The summed E-state index contributed by atoms with van der Waals surface area (Å²) in [7, 11) is -3.56. The van der Waals surface area contributed by atoms with Gasteiger partial charge in [-0.2, -0.15) is 0 Å².